The standard InChI is InChI=1S/C19H13N3O4S/c1-26-15-8-4-12(5-9-15)17-11-27-19-20-18(16(10-23)21(17)19)13-2-6-14(7-3-13)22(24)25/h2-11H,1H3. The Hall–Kier alpha value is -3.52. The molecule has 0 atom stereocenters. The topological polar surface area (TPSA) is 86.7 Å². The highest BCUT2D eigenvalue weighted by Gasteiger charge is 2.19. The second-order valence-electron chi connectivity index (χ2n) is 5.73. The number of non-ortho nitro benzene ring substituents is 1. The molecular weight excluding hydrogens is 366 g/mol. The lowest BCUT2D eigenvalue weighted by Gasteiger charge is -2.04. The lowest BCUT2D eigenvalue weighted by molar-refractivity contribution is -0.384. The van der Waals surface area contributed by atoms with Gasteiger partial charge in [-0.1, -0.05) is 0 Å². The molecule has 0 fully saturated rings. The van der Waals surface area contributed by atoms with E-state index < -0.39 is 4.92 Å². The smallest absolute Gasteiger partial charge is 0.269 e. The van der Waals surface area contributed by atoms with Crippen molar-refractivity contribution in [1.29, 1.82) is 0 Å². The summed E-state index contributed by atoms with van der Waals surface area (Å²) in [6, 6.07) is 13.6. The van der Waals surface area contributed by atoms with Gasteiger partial charge in [0.15, 0.2) is 11.2 Å². The van der Waals surface area contributed by atoms with Gasteiger partial charge in [0.05, 0.1) is 17.7 Å². The summed E-state index contributed by atoms with van der Waals surface area (Å²) in [6.45, 7) is 0. The highest BCUT2D eigenvalue weighted by atomic mass is 32.1. The summed E-state index contributed by atoms with van der Waals surface area (Å²) in [5.41, 5.74) is 3.33. The van der Waals surface area contributed by atoms with Crippen molar-refractivity contribution in [1.82, 2.24) is 9.38 Å². The third-order valence-electron chi connectivity index (χ3n) is 4.25. The van der Waals surface area contributed by atoms with E-state index in [0.717, 1.165) is 23.3 Å². The predicted octanol–water partition coefficient (Wildman–Crippen LogP) is 4.46. The van der Waals surface area contributed by atoms with Gasteiger partial charge in [-0.25, -0.2) is 4.98 Å². The number of methoxy groups -OCH3 is 1. The summed E-state index contributed by atoms with van der Waals surface area (Å²) in [5, 5.41) is 12.8. The Morgan fingerprint density at radius 3 is 2.37 bits per heavy atom. The quantitative estimate of drug-likeness (QED) is 0.290. The summed E-state index contributed by atoms with van der Waals surface area (Å²) in [4.78, 5) is 27.5. The number of aromatic nitrogens is 2. The van der Waals surface area contributed by atoms with Crippen LogP contribution < -0.4 is 4.74 Å². The number of aldehydes is 1. The Kier molecular flexibility index (Phi) is 4.17. The van der Waals surface area contributed by atoms with Crippen LogP contribution >= 0.6 is 11.3 Å². The van der Waals surface area contributed by atoms with E-state index in [1.807, 2.05) is 29.6 Å². The van der Waals surface area contributed by atoms with Crippen LogP contribution in [0.2, 0.25) is 0 Å². The van der Waals surface area contributed by atoms with Gasteiger partial charge in [0, 0.05) is 23.1 Å². The van der Waals surface area contributed by atoms with Crippen molar-refractivity contribution in [3.8, 4) is 28.3 Å². The molecule has 0 aliphatic carbocycles. The molecule has 0 aliphatic heterocycles. The van der Waals surface area contributed by atoms with Crippen LogP contribution in [0.25, 0.3) is 27.5 Å². The fraction of sp³-hybridized carbons (Fsp3) is 0.0526. The fourth-order valence-corrected chi connectivity index (χ4v) is 3.81. The third-order valence-corrected chi connectivity index (χ3v) is 5.07. The molecule has 7 nitrogen and oxygen atoms in total. The maximum Gasteiger partial charge on any atom is 0.269 e. The van der Waals surface area contributed by atoms with Gasteiger partial charge in [0.25, 0.3) is 5.69 Å². The van der Waals surface area contributed by atoms with Crippen LogP contribution in [0, 0.1) is 10.1 Å². The number of carbonyl (C=O) groups excluding carboxylic acids is 1. The first-order valence-corrected chi connectivity index (χ1v) is 8.84. The summed E-state index contributed by atoms with van der Waals surface area (Å²) in [5.74, 6) is 0.748. The Morgan fingerprint density at radius 2 is 1.78 bits per heavy atom. The van der Waals surface area contributed by atoms with E-state index in [1.165, 1.54) is 23.5 Å². The van der Waals surface area contributed by atoms with Gasteiger partial charge in [-0.05, 0) is 42.0 Å². The van der Waals surface area contributed by atoms with Gasteiger partial charge in [-0.15, -0.1) is 11.3 Å². The van der Waals surface area contributed by atoms with Gasteiger partial charge >= 0.3 is 0 Å². The molecule has 0 N–H and O–H groups in total. The van der Waals surface area contributed by atoms with Crippen molar-refractivity contribution in [2.24, 2.45) is 0 Å². The Bertz CT molecular complexity index is 1140. The Balaban J connectivity index is 1.85. The van der Waals surface area contributed by atoms with Crippen LogP contribution in [-0.2, 0) is 0 Å². The number of carbonyl (C=O) groups is 1. The summed E-state index contributed by atoms with van der Waals surface area (Å²) in [6.07, 6.45) is 0.760. The van der Waals surface area contributed by atoms with Gasteiger partial charge in [0.1, 0.15) is 17.1 Å². The van der Waals surface area contributed by atoms with Crippen molar-refractivity contribution in [3.63, 3.8) is 0 Å². The molecule has 0 saturated heterocycles. The molecule has 0 amide bonds. The van der Waals surface area contributed by atoms with Crippen molar-refractivity contribution in [3.05, 3.63) is 69.7 Å². The van der Waals surface area contributed by atoms with Gasteiger partial charge in [-0.3, -0.25) is 19.3 Å². The van der Waals surface area contributed by atoms with Gasteiger partial charge in [0.2, 0.25) is 0 Å². The van der Waals surface area contributed by atoms with Gasteiger partial charge < -0.3 is 4.74 Å². The number of hydrogen-bond acceptors (Lipinski definition) is 6. The average molecular weight is 379 g/mol. The zero-order chi connectivity index (χ0) is 19.0. The highest BCUT2D eigenvalue weighted by Crippen LogP contribution is 2.33. The molecule has 27 heavy (non-hydrogen) atoms. The maximum atomic E-state index is 11.8. The number of nitrogens with zero attached hydrogens (tertiary/aromatic N) is 3. The average Bonchev–Trinajstić information content (AvgIpc) is 3.27. The second-order valence-corrected chi connectivity index (χ2v) is 6.57. The minimum Gasteiger partial charge on any atom is -0.497 e. The van der Waals surface area contributed by atoms with E-state index in [0.29, 0.717) is 21.9 Å². The highest BCUT2D eigenvalue weighted by molar-refractivity contribution is 7.15. The SMILES string of the molecule is COc1ccc(-c2csc3nc(-c4ccc([N+](=O)[O-])cc4)c(C=O)n23)cc1. The van der Waals surface area contributed by atoms with E-state index >= 15 is 0 Å². The molecule has 4 aromatic rings. The number of ether oxygens (including phenoxy) is 1. The third kappa shape index (κ3) is 2.85. The molecule has 0 aliphatic rings. The number of thiazole rings is 1. The number of imidazole rings is 1. The van der Waals surface area contributed by atoms with Crippen LogP contribution in [0.4, 0.5) is 5.69 Å². The minimum atomic E-state index is -0.460. The Labute approximate surface area is 157 Å². The van der Waals surface area contributed by atoms with Crippen LogP contribution in [0.5, 0.6) is 5.75 Å². The first-order valence-electron chi connectivity index (χ1n) is 7.96. The van der Waals surface area contributed by atoms with Crippen LogP contribution in [0.1, 0.15) is 10.5 Å². The number of fused-ring (bicyclic) bond motifs is 1. The fourth-order valence-electron chi connectivity index (χ4n) is 2.91. The molecule has 2 heterocycles. The number of nitro groups is 1. The largest absolute Gasteiger partial charge is 0.497 e. The van der Waals surface area contributed by atoms with Gasteiger partial charge in [-0.2, -0.15) is 0 Å². The molecule has 2 aromatic carbocycles. The lowest BCUT2D eigenvalue weighted by atomic mass is 10.1. The van der Waals surface area contributed by atoms with Crippen LogP contribution in [-0.4, -0.2) is 27.7 Å². The normalized spacial score (nSPS) is 10.9. The first kappa shape index (κ1) is 16.9. The summed E-state index contributed by atoms with van der Waals surface area (Å²) >= 11 is 1.43. The van der Waals surface area contributed by atoms with E-state index in [2.05, 4.69) is 4.98 Å². The lowest BCUT2D eigenvalue weighted by Crippen LogP contribution is -1.94. The molecule has 134 valence electrons. The maximum absolute atomic E-state index is 11.8. The zero-order valence-electron chi connectivity index (χ0n) is 14.2. The predicted molar refractivity (Wildman–Crippen MR) is 103 cm³/mol. The first-order chi connectivity index (χ1) is 13.1. The minimum absolute atomic E-state index is 0.00801. The monoisotopic (exact) mass is 379 g/mol. The molecule has 0 spiro atoms. The number of rotatable bonds is 5. The van der Waals surface area contributed by atoms with Crippen LogP contribution in [0.15, 0.2) is 53.9 Å². The van der Waals surface area contributed by atoms with E-state index in [4.69, 9.17) is 4.74 Å². The number of nitro benzene ring substituents is 1. The molecule has 0 bridgehead atoms. The molecule has 4 rings (SSSR count). The zero-order valence-corrected chi connectivity index (χ0v) is 15.0. The van der Waals surface area contributed by atoms with Crippen molar-refractivity contribution in [2.45, 2.75) is 0 Å². The summed E-state index contributed by atoms with van der Waals surface area (Å²) in [7, 11) is 1.61. The van der Waals surface area contributed by atoms with Crippen LogP contribution in [0.3, 0.4) is 0 Å². The second kappa shape index (κ2) is 6.65. The van der Waals surface area contributed by atoms with E-state index in [9.17, 15) is 14.9 Å². The number of benzene rings is 2. The summed E-state index contributed by atoms with van der Waals surface area (Å²) < 4.78 is 6.99. The Morgan fingerprint density at radius 1 is 1.11 bits per heavy atom. The van der Waals surface area contributed by atoms with Crippen molar-refractivity contribution in [2.75, 3.05) is 7.11 Å². The molecular formula is C19H13N3O4S. The van der Waals surface area contributed by atoms with E-state index in [-0.39, 0.29) is 5.69 Å². The molecule has 0 radical (unpaired) electrons. The number of hydrogen-bond donors (Lipinski definition) is 0. The molecule has 0 unspecified atom stereocenters. The van der Waals surface area contributed by atoms with Crippen molar-refractivity contribution < 1.29 is 14.5 Å². The molecule has 0 saturated carbocycles. The van der Waals surface area contributed by atoms with E-state index in [1.54, 1.807) is 23.6 Å². The molecule has 2 aromatic heterocycles. The molecule has 8 heteroatoms. The van der Waals surface area contributed by atoms with Crippen molar-refractivity contribution >= 4 is 28.3 Å².